The molecule has 1 aromatic carbocycles. The van der Waals surface area contributed by atoms with Gasteiger partial charge < -0.3 is 15.3 Å². The van der Waals surface area contributed by atoms with Gasteiger partial charge in [0.05, 0.1) is 1.37 Å². The van der Waals surface area contributed by atoms with Gasteiger partial charge in [0.25, 0.3) is 0 Å². The number of rotatable bonds is 6. The highest BCUT2D eigenvalue weighted by atomic mass is 16.3. The molecule has 2 amide bonds. The van der Waals surface area contributed by atoms with Crippen molar-refractivity contribution < 1.29 is 23.6 Å². The molecule has 6 nitrogen and oxygen atoms in total. The summed E-state index contributed by atoms with van der Waals surface area (Å²) in [6, 6.07) is 3.25. The molecule has 1 aromatic rings. The Kier molecular flexibility index (Phi) is 5.42. The van der Waals surface area contributed by atoms with Crippen molar-refractivity contribution in [3.8, 4) is 0 Å². The van der Waals surface area contributed by atoms with Gasteiger partial charge in [-0.3, -0.25) is 14.4 Å². The summed E-state index contributed by atoms with van der Waals surface area (Å²) in [5.41, 5.74) is 0.439. The molecule has 2 rings (SSSR count). The summed E-state index contributed by atoms with van der Waals surface area (Å²) in [7, 11) is 1.34. The second kappa shape index (κ2) is 8.65. The van der Waals surface area contributed by atoms with Crippen LogP contribution in [0.4, 0.5) is 0 Å². The second-order valence-corrected chi connectivity index (χ2v) is 7.40. The third kappa shape index (κ3) is 4.75. The van der Waals surface area contributed by atoms with E-state index >= 15 is 0 Å². The minimum Gasteiger partial charge on any atom is -0.385 e. The molecule has 0 fully saturated rings. The van der Waals surface area contributed by atoms with Crippen molar-refractivity contribution >= 4 is 17.6 Å². The Hall–Kier alpha value is -2.21. The Morgan fingerprint density at radius 1 is 1.37 bits per heavy atom. The van der Waals surface area contributed by atoms with E-state index in [-0.39, 0.29) is 23.5 Å². The normalized spacial score (nSPS) is 28.3. The second-order valence-electron chi connectivity index (χ2n) is 7.40. The zero-order valence-corrected chi connectivity index (χ0v) is 16.4. The number of ketones is 1. The van der Waals surface area contributed by atoms with Crippen molar-refractivity contribution in [3.63, 3.8) is 0 Å². The molecule has 0 saturated heterocycles. The minimum atomic E-state index is -2.18. The topological polar surface area (TPSA) is 86.7 Å². The predicted octanol–water partition coefficient (Wildman–Crippen LogP) is 1.86. The van der Waals surface area contributed by atoms with Crippen LogP contribution in [0.5, 0.6) is 0 Å². The van der Waals surface area contributed by atoms with Gasteiger partial charge in [0, 0.05) is 28.1 Å². The lowest BCUT2D eigenvalue weighted by Gasteiger charge is -2.26. The number of aliphatic hydroxyl groups is 1. The molecule has 148 valence electrons. The summed E-state index contributed by atoms with van der Waals surface area (Å²) < 4.78 is 25.5. The van der Waals surface area contributed by atoms with Crippen molar-refractivity contribution in [1.82, 2.24) is 10.2 Å². The Balaban J connectivity index is 2.35. The van der Waals surface area contributed by atoms with E-state index in [0.29, 0.717) is 0 Å². The summed E-state index contributed by atoms with van der Waals surface area (Å²) in [6.07, 6.45) is -3.53. The number of carbonyl (C=O) groups excluding carboxylic acids is 3. The fraction of sp³-hybridized carbons (Fsp3) is 0.571. The molecule has 1 aliphatic rings. The summed E-state index contributed by atoms with van der Waals surface area (Å²) in [5, 5.41) is 12.5. The molecule has 27 heavy (non-hydrogen) atoms. The summed E-state index contributed by atoms with van der Waals surface area (Å²) in [5.74, 6) is -2.69. The molecule has 6 heteroatoms. The lowest BCUT2D eigenvalue weighted by Crippen LogP contribution is -2.44. The molecule has 1 unspecified atom stereocenters. The van der Waals surface area contributed by atoms with Crippen LogP contribution in [-0.4, -0.2) is 46.8 Å². The van der Waals surface area contributed by atoms with Crippen LogP contribution in [0.3, 0.4) is 0 Å². The van der Waals surface area contributed by atoms with Crippen molar-refractivity contribution in [2.75, 3.05) is 7.05 Å². The van der Waals surface area contributed by atoms with Gasteiger partial charge in [-0.05, 0) is 30.3 Å². The quantitative estimate of drug-likeness (QED) is 0.792. The molecule has 0 aromatic heterocycles. The highest BCUT2D eigenvalue weighted by molar-refractivity contribution is 5.93. The van der Waals surface area contributed by atoms with Gasteiger partial charge in [-0.15, -0.1) is 0 Å². The molecule has 0 spiro atoms. The Bertz CT molecular complexity index is 841. The standard InChI is InChI=1S/C21H30N2O4/c1-12(2)19(25)17(24)10-13(3)20(26)22-18-16-9-7-6-8-15(16)11-14(4)23(5)21(18)27/h6-9,12-14,18-19,25H,10-11H2,1-5H3,(H,22,26)/t13-,14?,18+,19+/m1/s1/i11D2,14D. The van der Waals surface area contributed by atoms with Crippen LogP contribution < -0.4 is 5.32 Å². The SMILES string of the molecule is [2H]C1([2H])c2ccccc2[C@H](NC(=O)[C@H](C)CC(=O)[C@@H](O)C(C)C)C(=O)N(C)C1([2H])C. The maximum absolute atomic E-state index is 13.1. The number of Topliss-reactive ketones (excluding diaryl/α,β-unsaturated/α-hetero) is 1. The number of likely N-dealkylation sites (N-methyl/N-ethyl adjacent to an activating group) is 1. The number of amides is 2. The zero-order chi connectivity index (χ0) is 23.0. The van der Waals surface area contributed by atoms with Crippen molar-refractivity contribution in [2.24, 2.45) is 11.8 Å². The van der Waals surface area contributed by atoms with E-state index in [1.54, 1.807) is 32.0 Å². The number of nitrogens with zero attached hydrogens (tertiary/aromatic N) is 1. The Morgan fingerprint density at radius 3 is 2.63 bits per heavy atom. The monoisotopic (exact) mass is 377 g/mol. The fourth-order valence-electron chi connectivity index (χ4n) is 2.94. The first kappa shape index (κ1) is 16.9. The van der Waals surface area contributed by atoms with Gasteiger partial charge in [-0.1, -0.05) is 45.0 Å². The van der Waals surface area contributed by atoms with E-state index in [0.717, 1.165) is 4.90 Å². The van der Waals surface area contributed by atoms with Crippen LogP contribution in [0, 0.1) is 11.8 Å². The van der Waals surface area contributed by atoms with Crippen molar-refractivity contribution in [2.45, 2.75) is 58.7 Å². The number of hydrogen-bond donors (Lipinski definition) is 2. The summed E-state index contributed by atoms with van der Waals surface area (Å²) >= 11 is 0. The first-order chi connectivity index (χ1) is 13.7. The van der Waals surface area contributed by atoms with Crippen LogP contribution in [-0.2, 0) is 20.8 Å². The molecule has 0 saturated carbocycles. The molecule has 2 N–H and O–H groups in total. The average molecular weight is 377 g/mol. The molecule has 0 aliphatic carbocycles. The van der Waals surface area contributed by atoms with Crippen LogP contribution in [0.25, 0.3) is 0 Å². The maximum atomic E-state index is 13.1. The zero-order valence-electron chi connectivity index (χ0n) is 19.4. The molecule has 0 radical (unpaired) electrons. The van der Waals surface area contributed by atoms with E-state index in [9.17, 15) is 19.5 Å². The average Bonchev–Trinajstić information content (AvgIpc) is 2.72. The predicted molar refractivity (Wildman–Crippen MR) is 103 cm³/mol. The Morgan fingerprint density at radius 2 is 2.00 bits per heavy atom. The Labute approximate surface area is 165 Å². The van der Waals surface area contributed by atoms with Gasteiger partial charge in [-0.25, -0.2) is 0 Å². The fourth-order valence-corrected chi connectivity index (χ4v) is 2.94. The van der Waals surface area contributed by atoms with E-state index in [2.05, 4.69) is 5.32 Å². The van der Waals surface area contributed by atoms with Crippen molar-refractivity contribution in [1.29, 1.82) is 0 Å². The van der Waals surface area contributed by atoms with Gasteiger partial charge >= 0.3 is 0 Å². The van der Waals surface area contributed by atoms with Crippen LogP contribution in [0.2, 0.25) is 0 Å². The number of carbonyl (C=O) groups is 3. The number of hydrogen-bond acceptors (Lipinski definition) is 4. The lowest BCUT2D eigenvalue weighted by atomic mass is 9.94. The number of nitrogens with one attached hydrogen (secondary N) is 1. The van der Waals surface area contributed by atoms with Gasteiger partial charge in [0.15, 0.2) is 5.78 Å². The van der Waals surface area contributed by atoms with Gasteiger partial charge in [0.2, 0.25) is 11.8 Å². The third-order valence-corrected chi connectivity index (χ3v) is 4.87. The molecule has 1 heterocycles. The number of benzene rings is 1. The molecular formula is C21H30N2O4. The molecular weight excluding hydrogens is 344 g/mol. The first-order valence-corrected chi connectivity index (χ1v) is 9.11. The summed E-state index contributed by atoms with van der Waals surface area (Å²) in [6.45, 7) is 6.26. The van der Waals surface area contributed by atoms with Gasteiger partial charge in [-0.2, -0.15) is 0 Å². The van der Waals surface area contributed by atoms with Crippen LogP contribution >= 0.6 is 0 Å². The van der Waals surface area contributed by atoms with Crippen molar-refractivity contribution in [3.05, 3.63) is 35.4 Å². The largest absolute Gasteiger partial charge is 0.385 e. The highest BCUT2D eigenvalue weighted by Gasteiger charge is 2.34. The van der Waals surface area contributed by atoms with E-state index in [1.807, 2.05) is 0 Å². The highest BCUT2D eigenvalue weighted by Crippen LogP contribution is 2.27. The molecule has 0 bridgehead atoms. The number of aliphatic hydroxyl groups excluding tert-OH is 1. The van der Waals surface area contributed by atoms with E-state index < -0.39 is 48.1 Å². The maximum Gasteiger partial charge on any atom is 0.249 e. The molecule has 4 atom stereocenters. The van der Waals surface area contributed by atoms with Crippen LogP contribution in [0.1, 0.15) is 55.4 Å². The van der Waals surface area contributed by atoms with Gasteiger partial charge in [0.1, 0.15) is 12.1 Å². The first-order valence-electron chi connectivity index (χ1n) is 10.6. The van der Waals surface area contributed by atoms with E-state index in [4.69, 9.17) is 4.11 Å². The summed E-state index contributed by atoms with van der Waals surface area (Å²) in [4.78, 5) is 39.0. The lowest BCUT2D eigenvalue weighted by molar-refractivity contribution is -0.138. The number of fused-ring (bicyclic) bond motifs is 1. The molecule has 1 aliphatic heterocycles. The minimum absolute atomic E-state index is 0.157. The smallest absolute Gasteiger partial charge is 0.249 e. The third-order valence-electron chi connectivity index (χ3n) is 4.87. The van der Waals surface area contributed by atoms with E-state index in [1.165, 1.54) is 27.0 Å². The van der Waals surface area contributed by atoms with Crippen LogP contribution in [0.15, 0.2) is 24.3 Å².